The molecule has 0 aliphatic rings. The largest absolute Gasteiger partial charge is 0.493 e. The Morgan fingerprint density at radius 1 is 0.941 bits per heavy atom. The van der Waals surface area contributed by atoms with E-state index in [0.717, 1.165) is 23.3 Å². The molecule has 0 aliphatic heterocycles. The maximum Gasteiger partial charge on any atom is 0.416 e. The van der Waals surface area contributed by atoms with Crippen LogP contribution in [0.3, 0.4) is 0 Å². The second-order valence-electron chi connectivity index (χ2n) is 7.48. The molecule has 1 amide bonds. The number of rotatable bonds is 8. The number of methoxy groups -OCH3 is 2. The van der Waals surface area contributed by atoms with Gasteiger partial charge in [0.05, 0.1) is 19.8 Å². The van der Waals surface area contributed by atoms with Gasteiger partial charge in [-0.1, -0.05) is 41.4 Å². The second-order valence-corrected chi connectivity index (χ2v) is 8.32. The predicted octanol–water partition coefficient (Wildman–Crippen LogP) is 6.91. The molecule has 0 saturated carbocycles. The third kappa shape index (κ3) is 6.36. The Morgan fingerprint density at radius 3 is 2.32 bits per heavy atom. The van der Waals surface area contributed by atoms with E-state index < -0.39 is 17.6 Å². The Labute approximate surface area is 205 Å². The van der Waals surface area contributed by atoms with Crippen LogP contribution in [0, 0.1) is 0 Å². The van der Waals surface area contributed by atoms with E-state index in [1.165, 1.54) is 31.3 Å². The summed E-state index contributed by atoms with van der Waals surface area (Å²) in [6, 6.07) is 14.6. The zero-order valence-electron chi connectivity index (χ0n) is 18.5. The Bertz CT molecular complexity index is 1170. The van der Waals surface area contributed by atoms with Gasteiger partial charge in [0.2, 0.25) is 0 Å². The number of hydrogen-bond donors (Lipinski definition) is 0. The van der Waals surface area contributed by atoms with E-state index in [0.29, 0.717) is 28.0 Å². The van der Waals surface area contributed by atoms with Gasteiger partial charge >= 0.3 is 6.18 Å². The molecule has 0 fully saturated rings. The first-order valence-electron chi connectivity index (χ1n) is 10.2. The molecule has 0 radical (unpaired) electrons. The van der Waals surface area contributed by atoms with Gasteiger partial charge in [-0.25, -0.2) is 0 Å². The van der Waals surface area contributed by atoms with Crippen LogP contribution in [0.15, 0.2) is 60.7 Å². The summed E-state index contributed by atoms with van der Waals surface area (Å²) < 4.78 is 50.2. The molecule has 34 heavy (non-hydrogen) atoms. The van der Waals surface area contributed by atoms with Gasteiger partial charge in [0, 0.05) is 28.7 Å². The molecule has 9 heteroatoms. The number of hydrogen-bond acceptors (Lipinski definition) is 3. The molecule has 0 aromatic heterocycles. The van der Waals surface area contributed by atoms with Crippen molar-refractivity contribution in [2.75, 3.05) is 20.8 Å². The van der Waals surface area contributed by atoms with E-state index in [-0.39, 0.29) is 18.7 Å². The van der Waals surface area contributed by atoms with Gasteiger partial charge in [0.1, 0.15) is 0 Å². The van der Waals surface area contributed by atoms with Crippen LogP contribution in [0.4, 0.5) is 13.2 Å². The summed E-state index contributed by atoms with van der Waals surface area (Å²) in [5, 5.41) is 0.932. The molecule has 3 aromatic rings. The van der Waals surface area contributed by atoms with Gasteiger partial charge in [-0.2, -0.15) is 13.2 Å². The minimum atomic E-state index is -4.55. The Morgan fingerprint density at radius 2 is 1.68 bits per heavy atom. The highest BCUT2D eigenvalue weighted by molar-refractivity contribution is 6.35. The molecule has 4 nitrogen and oxygen atoms in total. The van der Waals surface area contributed by atoms with Crippen LogP contribution in [0.1, 0.15) is 27.0 Å². The number of carbonyl (C=O) groups is 1. The molecular weight excluding hydrogens is 490 g/mol. The molecule has 180 valence electrons. The van der Waals surface area contributed by atoms with Crippen LogP contribution in [0.2, 0.25) is 10.0 Å². The molecule has 0 heterocycles. The maximum atomic E-state index is 13.3. The van der Waals surface area contributed by atoms with E-state index in [4.69, 9.17) is 32.7 Å². The molecule has 3 aromatic carbocycles. The summed E-state index contributed by atoms with van der Waals surface area (Å²) in [4.78, 5) is 14.8. The van der Waals surface area contributed by atoms with E-state index in [1.807, 2.05) is 0 Å². The smallest absolute Gasteiger partial charge is 0.416 e. The van der Waals surface area contributed by atoms with Gasteiger partial charge in [-0.05, 0) is 60.0 Å². The summed E-state index contributed by atoms with van der Waals surface area (Å²) in [6.07, 6.45) is -4.17. The summed E-state index contributed by atoms with van der Waals surface area (Å²) in [7, 11) is 3.01. The number of halogens is 5. The highest BCUT2D eigenvalue weighted by Crippen LogP contribution is 2.31. The van der Waals surface area contributed by atoms with Crippen molar-refractivity contribution in [3.05, 3.63) is 93.0 Å². The second kappa shape index (κ2) is 11.0. The minimum absolute atomic E-state index is 0.0579. The van der Waals surface area contributed by atoms with Crippen molar-refractivity contribution in [2.45, 2.75) is 19.1 Å². The Balaban J connectivity index is 1.92. The predicted molar refractivity (Wildman–Crippen MR) is 126 cm³/mol. The van der Waals surface area contributed by atoms with E-state index in [2.05, 4.69) is 0 Å². The van der Waals surface area contributed by atoms with E-state index in [1.54, 1.807) is 36.4 Å². The van der Waals surface area contributed by atoms with Crippen molar-refractivity contribution in [2.24, 2.45) is 0 Å². The van der Waals surface area contributed by atoms with Crippen molar-refractivity contribution in [1.82, 2.24) is 4.90 Å². The summed E-state index contributed by atoms with van der Waals surface area (Å²) in [5.41, 5.74) is 0.545. The van der Waals surface area contributed by atoms with Gasteiger partial charge < -0.3 is 14.4 Å². The van der Waals surface area contributed by atoms with Crippen LogP contribution in [0.25, 0.3) is 0 Å². The maximum absolute atomic E-state index is 13.3. The monoisotopic (exact) mass is 511 g/mol. The lowest BCUT2D eigenvalue weighted by molar-refractivity contribution is -0.137. The van der Waals surface area contributed by atoms with Crippen molar-refractivity contribution >= 4 is 29.1 Å². The van der Waals surface area contributed by atoms with Crippen LogP contribution in [0.5, 0.6) is 11.5 Å². The lowest BCUT2D eigenvalue weighted by atomic mass is 10.1. The molecule has 0 aliphatic carbocycles. The van der Waals surface area contributed by atoms with Gasteiger partial charge in [-0.3, -0.25) is 4.79 Å². The highest BCUT2D eigenvalue weighted by Gasteiger charge is 2.31. The fourth-order valence-electron chi connectivity index (χ4n) is 3.44. The molecule has 0 N–H and O–H groups in total. The summed E-state index contributed by atoms with van der Waals surface area (Å²) >= 11 is 12.2. The molecule has 0 atom stereocenters. The topological polar surface area (TPSA) is 38.8 Å². The van der Waals surface area contributed by atoms with Gasteiger partial charge in [0.25, 0.3) is 5.91 Å². The van der Waals surface area contributed by atoms with Crippen molar-refractivity contribution in [3.8, 4) is 11.5 Å². The lowest BCUT2D eigenvalue weighted by Crippen LogP contribution is -2.32. The van der Waals surface area contributed by atoms with Crippen LogP contribution in [-0.4, -0.2) is 31.6 Å². The Hall–Kier alpha value is -2.90. The lowest BCUT2D eigenvalue weighted by Gasteiger charge is -2.24. The molecule has 0 saturated heterocycles. The zero-order valence-corrected chi connectivity index (χ0v) is 20.0. The molecule has 0 unspecified atom stereocenters. The van der Waals surface area contributed by atoms with Crippen molar-refractivity contribution in [1.29, 1.82) is 0 Å². The number of benzene rings is 3. The first kappa shape index (κ1) is 25.7. The third-order valence-electron chi connectivity index (χ3n) is 5.21. The van der Waals surface area contributed by atoms with Gasteiger partial charge in [0.15, 0.2) is 11.5 Å². The quantitative estimate of drug-likeness (QED) is 0.329. The fourth-order valence-corrected chi connectivity index (χ4v) is 3.95. The summed E-state index contributed by atoms with van der Waals surface area (Å²) in [5.74, 6) is 0.466. The normalized spacial score (nSPS) is 11.3. The molecule has 0 bridgehead atoms. The SMILES string of the molecule is COc1ccc(CN(CCc2ccc(Cl)cc2Cl)C(=O)c2cccc(C(F)(F)F)c2)cc1OC. The molecular formula is C25H22Cl2F3NO3. The highest BCUT2D eigenvalue weighted by atomic mass is 35.5. The Kier molecular flexibility index (Phi) is 8.33. The number of ether oxygens (including phenoxy) is 2. The first-order valence-corrected chi connectivity index (χ1v) is 11.0. The third-order valence-corrected chi connectivity index (χ3v) is 5.80. The minimum Gasteiger partial charge on any atom is -0.493 e. The number of nitrogens with zero attached hydrogens (tertiary/aromatic N) is 1. The number of alkyl halides is 3. The average Bonchev–Trinajstić information content (AvgIpc) is 2.81. The zero-order chi connectivity index (χ0) is 24.9. The number of carbonyl (C=O) groups excluding carboxylic acids is 1. The van der Waals surface area contributed by atoms with E-state index in [9.17, 15) is 18.0 Å². The average molecular weight is 512 g/mol. The van der Waals surface area contributed by atoms with Crippen LogP contribution >= 0.6 is 23.2 Å². The molecule has 0 spiro atoms. The van der Waals surface area contributed by atoms with Crippen LogP contribution in [-0.2, 0) is 19.1 Å². The number of amides is 1. The standard InChI is InChI=1S/C25H22Cl2F3NO3/c1-33-22-9-6-16(12-23(22)34-2)15-31(11-10-17-7-8-20(26)14-21(17)27)24(32)18-4-3-5-19(13-18)25(28,29)30/h3-9,12-14H,10-11,15H2,1-2H3. The van der Waals surface area contributed by atoms with Gasteiger partial charge in [-0.15, -0.1) is 0 Å². The van der Waals surface area contributed by atoms with Crippen LogP contribution < -0.4 is 9.47 Å². The van der Waals surface area contributed by atoms with Crippen molar-refractivity contribution in [3.63, 3.8) is 0 Å². The fraction of sp³-hybridized carbons (Fsp3) is 0.240. The van der Waals surface area contributed by atoms with Crippen molar-refractivity contribution < 1.29 is 27.4 Å². The summed E-state index contributed by atoms with van der Waals surface area (Å²) in [6.45, 7) is 0.353. The van der Waals surface area contributed by atoms with E-state index >= 15 is 0 Å². The molecule has 3 rings (SSSR count). The first-order chi connectivity index (χ1) is 16.1.